The molecular weight excluding hydrogens is 376 g/mol. The standard InChI is InChI=1S/C20H20N4O3S/c1-2-9-25-19-10-15(27-23-19)13-24-7-4-14(5-8-24)26-18-3-6-22-17-11-16(12-21)28-20(17)18/h2-3,6,10-11,14H,1,4-5,7-9,13H2. The molecule has 1 aliphatic heterocycles. The number of ether oxygens (including phenoxy) is 2. The van der Waals surface area contributed by atoms with Crippen molar-refractivity contribution in [3.05, 3.63) is 47.7 Å². The minimum atomic E-state index is 0.149. The van der Waals surface area contributed by atoms with E-state index in [0.717, 1.165) is 47.7 Å². The number of piperidine rings is 1. The fourth-order valence-corrected chi connectivity index (χ4v) is 4.10. The highest BCUT2D eigenvalue weighted by atomic mass is 32.1. The van der Waals surface area contributed by atoms with Crippen molar-refractivity contribution in [3.63, 3.8) is 0 Å². The first-order valence-electron chi connectivity index (χ1n) is 9.12. The largest absolute Gasteiger partial charge is 0.489 e. The summed E-state index contributed by atoms with van der Waals surface area (Å²) in [5, 5.41) is 13.0. The molecule has 0 atom stereocenters. The van der Waals surface area contributed by atoms with Gasteiger partial charge in [0.05, 0.1) is 16.8 Å². The van der Waals surface area contributed by atoms with Gasteiger partial charge in [-0.05, 0) is 30.1 Å². The second-order valence-corrected chi connectivity index (χ2v) is 7.62. The first-order valence-corrected chi connectivity index (χ1v) is 9.94. The molecule has 28 heavy (non-hydrogen) atoms. The summed E-state index contributed by atoms with van der Waals surface area (Å²) in [6.07, 6.45) is 5.40. The lowest BCUT2D eigenvalue weighted by Crippen LogP contribution is -2.37. The van der Waals surface area contributed by atoms with Crippen molar-refractivity contribution in [2.75, 3.05) is 19.7 Å². The van der Waals surface area contributed by atoms with Gasteiger partial charge in [-0.25, -0.2) is 0 Å². The minimum Gasteiger partial charge on any atom is -0.489 e. The normalized spacial score (nSPS) is 15.4. The molecule has 3 aromatic heterocycles. The van der Waals surface area contributed by atoms with E-state index >= 15 is 0 Å². The summed E-state index contributed by atoms with van der Waals surface area (Å²) in [4.78, 5) is 7.29. The molecular formula is C20H20N4O3S. The average molecular weight is 396 g/mol. The van der Waals surface area contributed by atoms with Crippen LogP contribution in [-0.4, -0.2) is 40.8 Å². The summed E-state index contributed by atoms with van der Waals surface area (Å²) < 4.78 is 17.9. The molecule has 7 nitrogen and oxygen atoms in total. The Morgan fingerprint density at radius 1 is 1.39 bits per heavy atom. The first kappa shape index (κ1) is 18.5. The Morgan fingerprint density at radius 2 is 2.25 bits per heavy atom. The van der Waals surface area contributed by atoms with E-state index in [1.165, 1.54) is 11.3 Å². The van der Waals surface area contributed by atoms with Crippen LogP contribution in [-0.2, 0) is 6.54 Å². The summed E-state index contributed by atoms with van der Waals surface area (Å²) in [6.45, 7) is 6.56. The molecule has 0 unspecified atom stereocenters. The van der Waals surface area contributed by atoms with Crippen LogP contribution in [0.15, 0.2) is 41.6 Å². The maximum absolute atomic E-state index is 9.11. The fraction of sp³-hybridized carbons (Fsp3) is 0.350. The predicted molar refractivity (Wildman–Crippen MR) is 105 cm³/mol. The topological polar surface area (TPSA) is 84.4 Å². The molecule has 144 valence electrons. The van der Waals surface area contributed by atoms with Gasteiger partial charge in [0.25, 0.3) is 5.88 Å². The lowest BCUT2D eigenvalue weighted by Gasteiger charge is -2.31. The van der Waals surface area contributed by atoms with Crippen molar-refractivity contribution in [2.45, 2.75) is 25.5 Å². The molecule has 4 rings (SSSR count). The van der Waals surface area contributed by atoms with Crippen molar-refractivity contribution in [1.82, 2.24) is 15.0 Å². The molecule has 8 heteroatoms. The Morgan fingerprint density at radius 3 is 3.04 bits per heavy atom. The predicted octanol–water partition coefficient (Wildman–Crippen LogP) is 3.76. The van der Waals surface area contributed by atoms with Crippen molar-refractivity contribution < 1.29 is 14.0 Å². The Kier molecular flexibility index (Phi) is 5.55. The van der Waals surface area contributed by atoms with Crippen molar-refractivity contribution >= 4 is 21.6 Å². The van der Waals surface area contributed by atoms with E-state index in [1.807, 2.05) is 12.1 Å². The van der Waals surface area contributed by atoms with Gasteiger partial charge in [0.15, 0.2) is 5.76 Å². The summed E-state index contributed by atoms with van der Waals surface area (Å²) in [6, 6.07) is 7.69. The Balaban J connectivity index is 1.32. The number of nitrogens with zero attached hydrogens (tertiary/aromatic N) is 4. The number of hydrogen-bond donors (Lipinski definition) is 0. The minimum absolute atomic E-state index is 0.149. The van der Waals surface area contributed by atoms with E-state index in [9.17, 15) is 0 Å². The Labute approximate surface area is 166 Å². The quantitative estimate of drug-likeness (QED) is 0.562. The van der Waals surface area contributed by atoms with Crippen LogP contribution in [0.4, 0.5) is 0 Å². The molecule has 1 fully saturated rings. The molecule has 1 saturated heterocycles. The van der Waals surface area contributed by atoms with E-state index in [0.29, 0.717) is 23.9 Å². The van der Waals surface area contributed by atoms with E-state index in [-0.39, 0.29) is 6.10 Å². The van der Waals surface area contributed by atoms with Gasteiger partial charge >= 0.3 is 0 Å². The molecule has 0 bridgehead atoms. The summed E-state index contributed by atoms with van der Waals surface area (Å²) >= 11 is 1.43. The van der Waals surface area contributed by atoms with Gasteiger partial charge in [-0.1, -0.05) is 12.7 Å². The third-order valence-electron chi connectivity index (χ3n) is 4.58. The molecule has 0 spiro atoms. The SMILES string of the molecule is C=CCOc1cc(CN2CCC(Oc3ccnc4cc(C#N)sc34)CC2)on1. The first-order chi connectivity index (χ1) is 13.7. The number of hydrogen-bond acceptors (Lipinski definition) is 8. The lowest BCUT2D eigenvalue weighted by atomic mass is 10.1. The molecule has 0 amide bonds. The van der Waals surface area contributed by atoms with Crippen LogP contribution in [0.25, 0.3) is 10.2 Å². The number of fused-ring (bicyclic) bond motifs is 1. The highest BCUT2D eigenvalue weighted by molar-refractivity contribution is 7.19. The summed E-state index contributed by atoms with van der Waals surface area (Å²) in [5.74, 6) is 2.09. The van der Waals surface area contributed by atoms with Gasteiger partial charge in [0.1, 0.15) is 29.4 Å². The highest BCUT2D eigenvalue weighted by Gasteiger charge is 2.23. The van der Waals surface area contributed by atoms with Gasteiger partial charge < -0.3 is 14.0 Å². The zero-order chi connectivity index (χ0) is 19.3. The zero-order valence-electron chi connectivity index (χ0n) is 15.3. The molecule has 1 aliphatic rings. The maximum atomic E-state index is 9.11. The number of thiophene rings is 1. The van der Waals surface area contributed by atoms with E-state index in [2.05, 4.69) is 27.7 Å². The number of likely N-dealkylation sites (tertiary alicyclic amines) is 1. The molecule has 0 aliphatic carbocycles. The van der Waals surface area contributed by atoms with Gasteiger partial charge in [-0.3, -0.25) is 9.88 Å². The average Bonchev–Trinajstić information content (AvgIpc) is 3.35. The van der Waals surface area contributed by atoms with Gasteiger partial charge in [-0.15, -0.1) is 11.3 Å². The second-order valence-electron chi connectivity index (χ2n) is 6.57. The van der Waals surface area contributed by atoms with Crippen molar-refractivity contribution in [3.8, 4) is 17.7 Å². The number of nitriles is 1. The molecule has 0 radical (unpaired) electrons. The van der Waals surface area contributed by atoms with Crippen LogP contribution in [0.5, 0.6) is 11.6 Å². The van der Waals surface area contributed by atoms with Crippen LogP contribution >= 0.6 is 11.3 Å². The van der Waals surface area contributed by atoms with Crippen LogP contribution in [0.2, 0.25) is 0 Å². The summed E-state index contributed by atoms with van der Waals surface area (Å²) in [7, 11) is 0. The second kappa shape index (κ2) is 8.42. The van der Waals surface area contributed by atoms with Crippen molar-refractivity contribution in [2.24, 2.45) is 0 Å². The third kappa shape index (κ3) is 4.16. The fourth-order valence-electron chi connectivity index (χ4n) is 3.23. The maximum Gasteiger partial charge on any atom is 0.254 e. The number of rotatable bonds is 7. The molecule has 0 saturated carbocycles. The summed E-state index contributed by atoms with van der Waals surface area (Å²) in [5.41, 5.74) is 0.816. The van der Waals surface area contributed by atoms with Gasteiger partial charge in [-0.2, -0.15) is 5.26 Å². The number of pyridine rings is 1. The molecule has 3 aromatic rings. The number of aromatic nitrogens is 2. The van der Waals surface area contributed by atoms with Gasteiger partial charge in [0.2, 0.25) is 0 Å². The van der Waals surface area contributed by atoms with Crippen LogP contribution in [0.3, 0.4) is 0 Å². The van der Waals surface area contributed by atoms with E-state index in [1.54, 1.807) is 18.3 Å². The van der Waals surface area contributed by atoms with E-state index in [4.69, 9.17) is 19.3 Å². The Hall–Kier alpha value is -2.89. The van der Waals surface area contributed by atoms with Crippen LogP contribution in [0, 0.1) is 11.3 Å². The zero-order valence-corrected chi connectivity index (χ0v) is 16.2. The van der Waals surface area contributed by atoms with E-state index < -0.39 is 0 Å². The van der Waals surface area contributed by atoms with Gasteiger partial charge in [0, 0.05) is 25.4 Å². The lowest BCUT2D eigenvalue weighted by molar-refractivity contribution is 0.0926. The smallest absolute Gasteiger partial charge is 0.254 e. The monoisotopic (exact) mass is 396 g/mol. The Bertz CT molecular complexity index is 998. The van der Waals surface area contributed by atoms with Crippen LogP contribution < -0.4 is 9.47 Å². The highest BCUT2D eigenvalue weighted by Crippen LogP contribution is 2.33. The molecule has 0 N–H and O–H groups in total. The third-order valence-corrected chi connectivity index (χ3v) is 5.62. The molecule has 0 aromatic carbocycles. The molecule has 4 heterocycles. The van der Waals surface area contributed by atoms with Crippen LogP contribution in [0.1, 0.15) is 23.5 Å². The van der Waals surface area contributed by atoms with Crippen molar-refractivity contribution in [1.29, 1.82) is 5.26 Å².